The molecule has 0 aliphatic heterocycles. The number of hydrogen-bond donors (Lipinski definition) is 1. The van der Waals surface area contributed by atoms with Crippen LogP contribution in [0.5, 0.6) is 0 Å². The van der Waals surface area contributed by atoms with Crippen molar-refractivity contribution in [3.05, 3.63) is 29.8 Å². The third-order valence-electron chi connectivity index (χ3n) is 2.63. The number of hydrogen-bond acceptors (Lipinski definition) is 4. The fourth-order valence-electron chi connectivity index (χ4n) is 1.40. The standard InChI is InChI=1S/C12H15ClN2O4S/c1-15(2)20(18,19)9-5-3-8(4-6-9)11(16)7-10(13)12(14)17/h3-6,10H,7H2,1-2H3,(H2,14,17). The van der Waals surface area contributed by atoms with E-state index in [1.165, 1.54) is 38.4 Å². The molecule has 6 nitrogen and oxygen atoms in total. The highest BCUT2D eigenvalue weighted by molar-refractivity contribution is 7.89. The second-order valence-corrected chi connectivity index (χ2v) is 6.99. The third kappa shape index (κ3) is 3.78. The Labute approximate surface area is 122 Å². The van der Waals surface area contributed by atoms with Crippen molar-refractivity contribution in [2.75, 3.05) is 14.1 Å². The minimum absolute atomic E-state index is 0.0800. The van der Waals surface area contributed by atoms with E-state index in [0.717, 1.165) is 4.31 Å². The van der Waals surface area contributed by atoms with E-state index in [1.54, 1.807) is 0 Å². The monoisotopic (exact) mass is 318 g/mol. The van der Waals surface area contributed by atoms with Crippen molar-refractivity contribution in [2.45, 2.75) is 16.7 Å². The van der Waals surface area contributed by atoms with E-state index in [2.05, 4.69) is 0 Å². The lowest BCUT2D eigenvalue weighted by Crippen LogP contribution is -2.26. The van der Waals surface area contributed by atoms with E-state index in [9.17, 15) is 18.0 Å². The molecule has 0 aromatic heterocycles. The summed E-state index contributed by atoms with van der Waals surface area (Å²) in [5.74, 6) is -1.15. The number of nitrogens with two attached hydrogens (primary N) is 1. The maximum atomic E-state index is 11.8. The van der Waals surface area contributed by atoms with Gasteiger partial charge >= 0.3 is 0 Å². The van der Waals surface area contributed by atoms with Crippen molar-refractivity contribution in [1.29, 1.82) is 0 Å². The fraction of sp³-hybridized carbons (Fsp3) is 0.333. The van der Waals surface area contributed by atoms with Gasteiger partial charge in [-0.1, -0.05) is 12.1 Å². The minimum Gasteiger partial charge on any atom is -0.368 e. The predicted octanol–water partition coefficient (Wildman–Crippen LogP) is 0.602. The van der Waals surface area contributed by atoms with Gasteiger partial charge in [0.25, 0.3) is 0 Å². The third-order valence-corrected chi connectivity index (χ3v) is 4.83. The smallest absolute Gasteiger partial charge is 0.242 e. The van der Waals surface area contributed by atoms with E-state index in [4.69, 9.17) is 17.3 Å². The lowest BCUT2D eigenvalue weighted by molar-refractivity contribution is -0.117. The molecule has 20 heavy (non-hydrogen) atoms. The van der Waals surface area contributed by atoms with Crippen LogP contribution in [0.1, 0.15) is 16.8 Å². The number of Topliss-reactive ketones (excluding diaryl/α,β-unsaturated/α-hetero) is 1. The normalized spacial score (nSPS) is 13.2. The van der Waals surface area contributed by atoms with E-state index >= 15 is 0 Å². The highest BCUT2D eigenvalue weighted by atomic mass is 35.5. The van der Waals surface area contributed by atoms with Gasteiger partial charge in [-0.3, -0.25) is 9.59 Å². The first-order valence-electron chi connectivity index (χ1n) is 5.65. The summed E-state index contributed by atoms with van der Waals surface area (Å²) in [6.45, 7) is 0. The van der Waals surface area contributed by atoms with Crippen LogP contribution in [0, 0.1) is 0 Å². The fourth-order valence-corrected chi connectivity index (χ4v) is 2.45. The van der Waals surface area contributed by atoms with Crippen molar-refractivity contribution >= 4 is 33.3 Å². The van der Waals surface area contributed by atoms with Gasteiger partial charge in [-0.25, -0.2) is 12.7 Å². The van der Waals surface area contributed by atoms with Gasteiger partial charge in [0.2, 0.25) is 15.9 Å². The molecule has 0 heterocycles. The Morgan fingerprint density at radius 3 is 2.15 bits per heavy atom. The number of ketones is 1. The molecule has 0 radical (unpaired) electrons. The number of rotatable bonds is 6. The lowest BCUT2D eigenvalue weighted by atomic mass is 10.1. The molecule has 1 amide bonds. The van der Waals surface area contributed by atoms with E-state index < -0.39 is 21.3 Å². The Kier molecular flexibility index (Phi) is 5.27. The number of benzene rings is 1. The van der Waals surface area contributed by atoms with E-state index in [1.807, 2.05) is 0 Å². The van der Waals surface area contributed by atoms with Crippen molar-refractivity contribution in [3.8, 4) is 0 Å². The number of halogens is 1. The molecule has 1 unspecified atom stereocenters. The molecule has 0 saturated heterocycles. The second kappa shape index (κ2) is 6.34. The summed E-state index contributed by atoms with van der Waals surface area (Å²) >= 11 is 5.61. The zero-order chi connectivity index (χ0) is 15.5. The Morgan fingerprint density at radius 2 is 1.75 bits per heavy atom. The molecule has 0 aliphatic carbocycles. The number of carbonyl (C=O) groups is 2. The van der Waals surface area contributed by atoms with Crippen LogP contribution in [0.4, 0.5) is 0 Å². The summed E-state index contributed by atoms with van der Waals surface area (Å²) in [5, 5.41) is -1.08. The molecule has 8 heteroatoms. The van der Waals surface area contributed by atoms with E-state index in [-0.39, 0.29) is 22.7 Å². The van der Waals surface area contributed by atoms with Crippen molar-refractivity contribution in [2.24, 2.45) is 5.73 Å². The highest BCUT2D eigenvalue weighted by Crippen LogP contribution is 2.16. The van der Waals surface area contributed by atoms with Gasteiger partial charge in [0.05, 0.1) is 4.90 Å². The summed E-state index contributed by atoms with van der Waals surface area (Å²) < 4.78 is 24.8. The molecule has 0 spiro atoms. The number of primary amides is 1. The zero-order valence-electron chi connectivity index (χ0n) is 11.0. The predicted molar refractivity (Wildman–Crippen MR) is 75.1 cm³/mol. The van der Waals surface area contributed by atoms with Crippen LogP contribution in [-0.2, 0) is 14.8 Å². The van der Waals surface area contributed by atoms with Crippen LogP contribution < -0.4 is 5.73 Å². The van der Waals surface area contributed by atoms with Crippen LogP contribution in [-0.4, -0.2) is 43.9 Å². The van der Waals surface area contributed by atoms with Gasteiger partial charge in [-0.05, 0) is 12.1 Å². The molecule has 0 saturated carbocycles. The summed E-state index contributed by atoms with van der Waals surface area (Å²) in [4.78, 5) is 22.7. The van der Waals surface area contributed by atoms with Crippen LogP contribution in [0.25, 0.3) is 0 Å². The van der Waals surface area contributed by atoms with Crippen LogP contribution in [0.3, 0.4) is 0 Å². The van der Waals surface area contributed by atoms with Crippen LogP contribution in [0.15, 0.2) is 29.2 Å². The number of alkyl halides is 1. The summed E-state index contributed by atoms with van der Waals surface area (Å²) in [5.41, 5.74) is 5.24. The molecule has 0 aliphatic rings. The molecule has 1 rings (SSSR count). The molecule has 1 aromatic rings. The van der Waals surface area contributed by atoms with Gasteiger partial charge in [-0.2, -0.15) is 0 Å². The first-order chi connectivity index (χ1) is 9.16. The SMILES string of the molecule is CN(C)S(=O)(=O)c1ccc(C(=O)CC(Cl)C(N)=O)cc1. The van der Waals surface area contributed by atoms with Gasteiger partial charge in [0.15, 0.2) is 5.78 Å². The maximum absolute atomic E-state index is 11.8. The Balaban J connectivity index is 2.92. The van der Waals surface area contributed by atoms with E-state index in [0.29, 0.717) is 0 Å². The molecule has 2 N–H and O–H groups in total. The van der Waals surface area contributed by atoms with Gasteiger partial charge < -0.3 is 5.73 Å². The highest BCUT2D eigenvalue weighted by Gasteiger charge is 2.20. The number of nitrogens with zero attached hydrogens (tertiary/aromatic N) is 1. The molecule has 0 fully saturated rings. The molecule has 0 bridgehead atoms. The average Bonchev–Trinajstić information content (AvgIpc) is 2.38. The first kappa shape index (κ1) is 16.6. The Morgan fingerprint density at radius 1 is 1.25 bits per heavy atom. The summed E-state index contributed by atoms with van der Waals surface area (Å²) in [6, 6.07) is 5.42. The lowest BCUT2D eigenvalue weighted by Gasteiger charge is -2.11. The Bertz CT molecular complexity index is 611. The van der Waals surface area contributed by atoms with Crippen LogP contribution >= 0.6 is 11.6 Å². The Hall–Kier alpha value is -1.44. The number of sulfonamides is 1. The van der Waals surface area contributed by atoms with Gasteiger partial charge in [0, 0.05) is 26.1 Å². The number of amides is 1. The first-order valence-corrected chi connectivity index (χ1v) is 7.53. The second-order valence-electron chi connectivity index (χ2n) is 4.31. The van der Waals surface area contributed by atoms with Crippen LogP contribution in [0.2, 0.25) is 0 Å². The topological polar surface area (TPSA) is 97.5 Å². The molecule has 110 valence electrons. The summed E-state index contributed by atoms with van der Waals surface area (Å²) in [7, 11) is -0.702. The minimum atomic E-state index is -3.53. The number of carbonyl (C=O) groups excluding carboxylic acids is 2. The average molecular weight is 319 g/mol. The van der Waals surface area contributed by atoms with Crippen molar-refractivity contribution < 1.29 is 18.0 Å². The molecule has 1 atom stereocenters. The van der Waals surface area contributed by atoms with Crippen molar-refractivity contribution in [1.82, 2.24) is 4.31 Å². The van der Waals surface area contributed by atoms with Crippen molar-refractivity contribution in [3.63, 3.8) is 0 Å². The largest absolute Gasteiger partial charge is 0.368 e. The summed E-state index contributed by atoms with van der Waals surface area (Å²) in [6.07, 6.45) is -0.226. The zero-order valence-corrected chi connectivity index (χ0v) is 12.6. The van der Waals surface area contributed by atoms with Gasteiger partial charge in [-0.15, -0.1) is 11.6 Å². The maximum Gasteiger partial charge on any atom is 0.242 e. The van der Waals surface area contributed by atoms with Gasteiger partial charge in [0.1, 0.15) is 5.38 Å². The molecular formula is C12H15ClN2O4S. The molecular weight excluding hydrogens is 304 g/mol. The quantitative estimate of drug-likeness (QED) is 0.613. The molecule has 1 aromatic carbocycles.